The molecule has 6 atom stereocenters. The largest absolute Gasteiger partial charge is 0.497 e. The molecule has 2 saturated carbocycles. The molecule has 0 aromatic heterocycles. The summed E-state index contributed by atoms with van der Waals surface area (Å²) in [6, 6.07) is 7.74. The predicted octanol–water partition coefficient (Wildman–Crippen LogP) is 1.56. The number of carbonyl (C=O) groups excluding carboxylic acids is 2. The van der Waals surface area contributed by atoms with E-state index in [2.05, 4.69) is 0 Å². The Labute approximate surface area is 134 Å². The van der Waals surface area contributed by atoms with Crippen molar-refractivity contribution in [2.75, 3.05) is 13.7 Å². The Bertz CT molecular complexity index is 714. The number of nitrogens with zero attached hydrogens (tertiary/aromatic N) is 1. The SMILES string of the molecule is CCN1C(=O)C2C3CC4C(OC1(c1ccc(OC)cc1)C42)C3=O. The van der Waals surface area contributed by atoms with Gasteiger partial charge in [-0.2, -0.15) is 0 Å². The Morgan fingerprint density at radius 1 is 1.30 bits per heavy atom. The van der Waals surface area contributed by atoms with Crippen molar-refractivity contribution < 1.29 is 19.1 Å². The lowest BCUT2D eigenvalue weighted by molar-refractivity contribution is -0.173. The molecule has 2 saturated heterocycles. The molecule has 4 fully saturated rings. The molecule has 5 heteroatoms. The van der Waals surface area contributed by atoms with Crippen molar-refractivity contribution in [3.8, 4) is 5.75 Å². The van der Waals surface area contributed by atoms with Gasteiger partial charge in [-0.25, -0.2) is 0 Å². The van der Waals surface area contributed by atoms with E-state index in [0.29, 0.717) is 6.54 Å². The van der Waals surface area contributed by atoms with Crippen LogP contribution in [0.15, 0.2) is 24.3 Å². The molecule has 1 aromatic carbocycles. The summed E-state index contributed by atoms with van der Waals surface area (Å²) in [4.78, 5) is 27.3. The van der Waals surface area contributed by atoms with Gasteiger partial charge in [0.2, 0.25) is 5.91 Å². The van der Waals surface area contributed by atoms with Gasteiger partial charge in [0.05, 0.1) is 13.0 Å². The first kappa shape index (κ1) is 13.5. The first-order valence-electron chi connectivity index (χ1n) is 8.31. The minimum Gasteiger partial charge on any atom is -0.497 e. The van der Waals surface area contributed by atoms with Gasteiger partial charge >= 0.3 is 0 Å². The van der Waals surface area contributed by atoms with Crippen LogP contribution in [0.2, 0.25) is 0 Å². The summed E-state index contributed by atoms with van der Waals surface area (Å²) in [5.74, 6) is 1.00. The van der Waals surface area contributed by atoms with Crippen LogP contribution < -0.4 is 4.74 Å². The van der Waals surface area contributed by atoms with Crippen LogP contribution in [-0.4, -0.2) is 36.3 Å². The standard InChI is InChI=1S/C18H19NO4/c1-3-19-17(21)13-11-8-12-14(13)18(19,23-16(12)15(11)20)9-4-6-10(22-2)7-5-9/h4-7,11-14,16H,3,8H2,1-2H3. The highest BCUT2D eigenvalue weighted by molar-refractivity contribution is 5.98. The summed E-state index contributed by atoms with van der Waals surface area (Å²) in [5, 5.41) is 0. The van der Waals surface area contributed by atoms with E-state index in [0.717, 1.165) is 17.7 Å². The van der Waals surface area contributed by atoms with E-state index in [9.17, 15) is 9.59 Å². The van der Waals surface area contributed by atoms with E-state index in [1.807, 2.05) is 36.1 Å². The second-order valence-electron chi connectivity index (χ2n) is 7.01. The molecule has 2 aliphatic carbocycles. The molecule has 2 heterocycles. The minimum absolute atomic E-state index is 0.0901. The average Bonchev–Trinajstić information content (AvgIpc) is 3.23. The number of Topliss-reactive ketones (excluding diaryl/α,β-unsaturated/α-hetero) is 1. The fraction of sp³-hybridized carbons (Fsp3) is 0.556. The van der Waals surface area contributed by atoms with Crippen molar-refractivity contribution in [2.45, 2.75) is 25.2 Å². The van der Waals surface area contributed by atoms with E-state index < -0.39 is 5.72 Å². The second-order valence-corrected chi connectivity index (χ2v) is 7.01. The van der Waals surface area contributed by atoms with Crippen LogP contribution in [0, 0.1) is 23.7 Å². The minimum atomic E-state index is -0.765. The summed E-state index contributed by atoms with van der Waals surface area (Å²) in [6.07, 6.45) is 0.491. The molecular formula is C18H19NO4. The number of benzene rings is 1. The van der Waals surface area contributed by atoms with Gasteiger partial charge in [-0.15, -0.1) is 0 Å². The molecule has 0 N–H and O–H groups in total. The van der Waals surface area contributed by atoms with Crippen LogP contribution in [0.5, 0.6) is 5.75 Å². The average molecular weight is 313 g/mol. The molecule has 1 amide bonds. The zero-order valence-corrected chi connectivity index (χ0v) is 13.2. The fourth-order valence-corrected chi connectivity index (χ4v) is 5.63. The lowest BCUT2D eigenvalue weighted by Crippen LogP contribution is -2.48. The third-order valence-corrected chi connectivity index (χ3v) is 6.37. The molecule has 120 valence electrons. The number of ketones is 1. The Hall–Kier alpha value is -1.88. The Kier molecular flexibility index (Phi) is 2.44. The maximum Gasteiger partial charge on any atom is 0.229 e. The summed E-state index contributed by atoms with van der Waals surface area (Å²) in [6.45, 7) is 2.58. The number of amides is 1. The van der Waals surface area contributed by atoms with E-state index in [1.54, 1.807) is 7.11 Å². The zero-order chi connectivity index (χ0) is 15.9. The number of likely N-dealkylation sites (tertiary alicyclic amines) is 1. The summed E-state index contributed by atoms with van der Waals surface area (Å²) < 4.78 is 11.6. The summed E-state index contributed by atoms with van der Waals surface area (Å²) in [7, 11) is 1.63. The van der Waals surface area contributed by atoms with Crippen molar-refractivity contribution in [3.63, 3.8) is 0 Å². The third-order valence-electron chi connectivity index (χ3n) is 6.37. The second kappa shape index (κ2) is 4.15. The molecule has 5 rings (SSSR count). The lowest BCUT2D eigenvalue weighted by Gasteiger charge is -2.38. The van der Waals surface area contributed by atoms with Gasteiger partial charge in [-0.3, -0.25) is 9.59 Å². The van der Waals surface area contributed by atoms with Crippen LogP contribution in [0.1, 0.15) is 18.9 Å². The predicted molar refractivity (Wildman–Crippen MR) is 80.5 cm³/mol. The molecule has 0 radical (unpaired) electrons. The smallest absolute Gasteiger partial charge is 0.229 e. The summed E-state index contributed by atoms with van der Waals surface area (Å²) >= 11 is 0. The zero-order valence-electron chi connectivity index (χ0n) is 13.2. The number of methoxy groups -OCH3 is 1. The number of hydrogen-bond donors (Lipinski definition) is 0. The van der Waals surface area contributed by atoms with E-state index >= 15 is 0 Å². The van der Waals surface area contributed by atoms with Crippen LogP contribution in [-0.2, 0) is 20.1 Å². The van der Waals surface area contributed by atoms with E-state index in [-0.39, 0.29) is 41.5 Å². The van der Waals surface area contributed by atoms with Gasteiger partial charge in [-0.05, 0) is 25.5 Å². The van der Waals surface area contributed by atoms with Crippen LogP contribution in [0.3, 0.4) is 0 Å². The molecule has 2 bridgehead atoms. The van der Waals surface area contributed by atoms with Gasteiger partial charge in [0.25, 0.3) is 0 Å². The van der Waals surface area contributed by atoms with Crippen molar-refractivity contribution in [3.05, 3.63) is 29.8 Å². The molecule has 5 nitrogen and oxygen atoms in total. The van der Waals surface area contributed by atoms with Gasteiger partial charge < -0.3 is 14.4 Å². The van der Waals surface area contributed by atoms with Crippen molar-refractivity contribution in [1.29, 1.82) is 0 Å². The number of hydrogen-bond acceptors (Lipinski definition) is 4. The van der Waals surface area contributed by atoms with Crippen molar-refractivity contribution in [2.24, 2.45) is 23.7 Å². The normalized spacial score (nSPS) is 42.9. The molecule has 0 spiro atoms. The number of carbonyl (C=O) groups is 2. The van der Waals surface area contributed by atoms with Crippen molar-refractivity contribution in [1.82, 2.24) is 4.90 Å². The maximum atomic E-state index is 13.0. The van der Waals surface area contributed by atoms with Crippen LogP contribution in [0.4, 0.5) is 0 Å². The molecular weight excluding hydrogens is 294 g/mol. The maximum absolute atomic E-state index is 13.0. The summed E-state index contributed by atoms with van der Waals surface area (Å²) in [5.41, 5.74) is 0.197. The van der Waals surface area contributed by atoms with Gasteiger partial charge in [0, 0.05) is 29.9 Å². The molecule has 6 unspecified atom stereocenters. The van der Waals surface area contributed by atoms with E-state index in [1.165, 1.54) is 0 Å². The Morgan fingerprint density at radius 2 is 2.04 bits per heavy atom. The van der Waals surface area contributed by atoms with Gasteiger partial charge in [-0.1, -0.05) is 12.1 Å². The highest BCUT2D eigenvalue weighted by Gasteiger charge is 2.78. The molecule has 4 aliphatic rings. The number of fused-ring (bicyclic) bond motifs is 2. The Morgan fingerprint density at radius 3 is 2.70 bits per heavy atom. The first-order chi connectivity index (χ1) is 11.1. The van der Waals surface area contributed by atoms with Crippen molar-refractivity contribution >= 4 is 11.7 Å². The van der Waals surface area contributed by atoms with Gasteiger partial charge in [0.15, 0.2) is 11.5 Å². The topological polar surface area (TPSA) is 55.8 Å². The fourth-order valence-electron chi connectivity index (χ4n) is 5.63. The highest BCUT2D eigenvalue weighted by atomic mass is 16.5. The third kappa shape index (κ3) is 1.31. The first-order valence-corrected chi connectivity index (χ1v) is 8.31. The molecule has 23 heavy (non-hydrogen) atoms. The highest BCUT2D eigenvalue weighted by Crippen LogP contribution is 2.69. The van der Waals surface area contributed by atoms with Crippen LogP contribution in [0.25, 0.3) is 0 Å². The monoisotopic (exact) mass is 313 g/mol. The molecule has 1 aromatic rings. The van der Waals surface area contributed by atoms with Crippen LogP contribution >= 0.6 is 0 Å². The molecule has 2 aliphatic heterocycles. The lowest BCUT2D eigenvalue weighted by atomic mass is 9.76. The quantitative estimate of drug-likeness (QED) is 0.850. The van der Waals surface area contributed by atoms with E-state index in [4.69, 9.17) is 9.47 Å². The number of ether oxygens (including phenoxy) is 2. The Balaban J connectivity index is 1.70. The van der Waals surface area contributed by atoms with Gasteiger partial charge in [0.1, 0.15) is 11.9 Å². The number of rotatable bonds is 3.